The van der Waals surface area contributed by atoms with Crippen LogP contribution in [0.15, 0.2) is 46.9 Å². The minimum atomic E-state index is -0.475. The van der Waals surface area contributed by atoms with Crippen LogP contribution in [0.4, 0.5) is 8.78 Å². The van der Waals surface area contributed by atoms with Crippen LogP contribution in [0.1, 0.15) is 5.56 Å². The van der Waals surface area contributed by atoms with Gasteiger partial charge in [-0.15, -0.1) is 0 Å². The highest BCUT2D eigenvalue weighted by Crippen LogP contribution is 2.25. The number of halogens is 3. The van der Waals surface area contributed by atoms with Gasteiger partial charge in [-0.2, -0.15) is 0 Å². The summed E-state index contributed by atoms with van der Waals surface area (Å²) in [5.41, 5.74) is 0.195. The molecule has 0 N–H and O–H groups in total. The van der Waals surface area contributed by atoms with Crippen molar-refractivity contribution in [2.45, 2.75) is 6.61 Å². The third-order valence-corrected chi connectivity index (χ3v) is 2.88. The van der Waals surface area contributed by atoms with Gasteiger partial charge in [0.2, 0.25) is 0 Å². The Kier molecular flexibility index (Phi) is 3.74. The molecule has 1 nitrogen and oxygen atoms in total. The predicted octanol–water partition coefficient (Wildman–Crippen LogP) is 4.31. The van der Waals surface area contributed by atoms with Crippen LogP contribution in [0.3, 0.4) is 0 Å². The first-order chi connectivity index (χ1) is 8.16. The predicted molar refractivity (Wildman–Crippen MR) is 64.8 cm³/mol. The minimum absolute atomic E-state index is 0.00773. The second-order valence-electron chi connectivity index (χ2n) is 3.45. The van der Waals surface area contributed by atoms with Crippen molar-refractivity contribution in [1.82, 2.24) is 0 Å². The number of hydrogen-bond acceptors (Lipinski definition) is 1. The van der Waals surface area contributed by atoms with Crippen molar-refractivity contribution in [3.8, 4) is 5.75 Å². The van der Waals surface area contributed by atoms with Gasteiger partial charge in [-0.1, -0.05) is 12.1 Å². The summed E-state index contributed by atoms with van der Waals surface area (Å²) in [5, 5.41) is 0. The Morgan fingerprint density at radius 2 is 1.82 bits per heavy atom. The average Bonchev–Trinajstić information content (AvgIpc) is 2.32. The largest absolute Gasteiger partial charge is 0.488 e. The SMILES string of the molecule is Fc1ccc(F)c(COc2ccccc2Br)c1. The Balaban J connectivity index is 2.12. The summed E-state index contributed by atoms with van der Waals surface area (Å²) in [6.45, 7) is -0.00773. The van der Waals surface area contributed by atoms with Crippen molar-refractivity contribution in [3.05, 3.63) is 64.1 Å². The zero-order valence-electron chi connectivity index (χ0n) is 8.79. The Morgan fingerprint density at radius 3 is 2.59 bits per heavy atom. The first-order valence-corrected chi connectivity index (χ1v) is 5.77. The highest BCUT2D eigenvalue weighted by Gasteiger charge is 2.06. The summed E-state index contributed by atoms with van der Waals surface area (Å²) in [6, 6.07) is 10.5. The van der Waals surface area contributed by atoms with Crippen LogP contribution in [0.2, 0.25) is 0 Å². The quantitative estimate of drug-likeness (QED) is 0.820. The van der Waals surface area contributed by atoms with Gasteiger partial charge in [0, 0.05) is 5.56 Å². The van der Waals surface area contributed by atoms with E-state index in [0.717, 1.165) is 22.7 Å². The van der Waals surface area contributed by atoms with Crippen molar-refractivity contribution in [2.24, 2.45) is 0 Å². The Morgan fingerprint density at radius 1 is 1.06 bits per heavy atom. The van der Waals surface area contributed by atoms with E-state index in [1.165, 1.54) is 0 Å². The Labute approximate surface area is 106 Å². The van der Waals surface area contributed by atoms with E-state index in [-0.39, 0.29) is 12.2 Å². The molecule has 0 heterocycles. The Hall–Kier alpha value is -1.42. The molecule has 88 valence electrons. The van der Waals surface area contributed by atoms with E-state index in [2.05, 4.69) is 15.9 Å². The van der Waals surface area contributed by atoms with Gasteiger partial charge in [-0.25, -0.2) is 8.78 Å². The molecule has 0 saturated heterocycles. The number of benzene rings is 2. The van der Waals surface area contributed by atoms with Gasteiger partial charge < -0.3 is 4.74 Å². The second-order valence-corrected chi connectivity index (χ2v) is 4.31. The molecule has 0 aliphatic rings. The molecule has 0 atom stereocenters. The fraction of sp³-hybridized carbons (Fsp3) is 0.0769. The van der Waals surface area contributed by atoms with Crippen LogP contribution < -0.4 is 4.74 Å². The molecule has 0 radical (unpaired) electrons. The van der Waals surface area contributed by atoms with Gasteiger partial charge in [0.1, 0.15) is 24.0 Å². The lowest BCUT2D eigenvalue weighted by atomic mass is 10.2. The summed E-state index contributed by atoms with van der Waals surface area (Å²) in [6.07, 6.45) is 0. The van der Waals surface area contributed by atoms with Crippen molar-refractivity contribution < 1.29 is 13.5 Å². The van der Waals surface area contributed by atoms with E-state index >= 15 is 0 Å². The van der Waals surface area contributed by atoms with E-state index in [1.807, 2.05) is 18.2 Å². The van der Waals surface area contributed by atoms with E-state index in [9.17, 15) is 8.78 Å². The van der Waals surface area contributed by atoms with E-state index in [0.29, 0.717) is 5.75 Å². The van der Waals surface area contributed by atoms with E-state index in [1.54, 1.807) is 6.07 Å². The molecular weight excluding hydrogens is 290 g/mol. The molecule has 4 heteroatoms. The maximum absolute atomic E-state index is 13.3. The number of para-hydroxylation sites is 1. The average molecular weight is 299 g/mol. The van der Waals surface area contributed by atoms with Crippen LogP contribution in [-0.2, 0) is 6.61 Å². The molecule has 0 aliphatic heterocycles. The molecule has 0 aromatic heterocycles. The topological polar surface area (TPSA) is 9.23 Å². The van der Waals surface area contributed by atoms with Crippen LogP contribution in [0, 0.1) is 11.6 Å². The fourth-order valence-electron chi connectivity index (χ4n) is 1.37. The number of ether oxygens (including phenoxy) is 1. The van der Waals surface area contributed by atoms with Crippen molar-refractivity contribution in [3.63, 3.8) is 0 Å². The Bertz CT molecular complexity index is 529. The zero-order chi connectivity index (χ0) is 12.3. The third kappa shape index (κ3) is 3.03. The first-order valence-electron chi connectivity index (χ1n) is 4.98. The molecule has 0 bridgehead atoms. The molecule has 2 aromatic rings. The summed E-state index contributed by atoms with van der Waals surface area (Å²) in [7, 11) is 0. The lowest BCUT2D eigenvalue weighted by Gasteiger charge is -2.08. The molecule has 0 unspecified atom stereocenters. The molecule has 0 aliphatic carbocycles. The van der Waals surface area contributed by atoms with Gasteiger partial charge in [0.25, 0.3) is 0 Å². The first kappa shape index (κ1) is 12.0. The lowest BCUT2D eigenvalue weighted by molar-refractivity contribution is 0.297. The molecule has 0 fully saturated rings. The maximum atomic E-state index is 13.3. The normalized spacial score (nSPS) is 10.3. The standard InChI is InChI=1S/C13H9BrF2O/c14-11-3-1-2-4-13(11)17-8-9-7-10(15)5-6-12(9)16/h1-7H,8H2. The summed E-state index contributed by atoms with van der Waals surface area (Å²) in [4.78, 5) is 0. The van der Waals surface area contributed by atoms with Crippen LogP contribution in [-0.4, -0.2) is 0 Å². The molecule has 2 rings (SSSR count). The zero-order valence-corrected chi connectivity index (χ0v) is 10.4. The van der Waals surface area contributed by atoms with Crippen LogP contribution in [0.5, 0.6) is 5.75 Å². The van der Waals surface area contributed by atoms with Crippen molar-refractivity contribution >= 4 is 15.9 Å². The third-order valence-electron chi connectivity index (χ3n) is 2.23. The highest BCUT2D eigenvalue weighted by molar-refractivity contribution is 9.10. The van der Waals surface area contributed by atoms with Gasteiger partial charge in [-0.05, 0) is 46.3 Å². The number of hydrogen-bond donors (Lipinski definition) is 0. The minimum Gasteiger partial charge on any atom is -0.488 e. The number of rotatable bonds is 3. The van der Waals surface area contributed by atoms with Gasteiger partial charge >= 0.3 is 0 Å². The maximum Gasteiger partial charge on any atom is 0.133 e. The van der Waals surface area contributed by atoms with E-state index in [4.69, 9.17) is 4.74 Å². The molecular formula is C13H9BrF2O. The molecule has 0 spiro atoms. The van der Waals surface area contributed by atoms with Gasteiger partial charge in [0.05, 0.1) is 4.47 Å². The second kappa shape index (κ2) is 5.27. The van der Waals surface area contributed by atoms with Crippen molar-refractivity contribution in [1.29, 1.82) is 0 Å². The fourth-order valence-corrected chi connectivity index (χ4v) is 1.77. The van der Waals surface area contributed by atoms with E-state index < -0.39 is 11.6 Å². The molecule has 17 heavy (non-hydrogen) atoms. The molecule has 2 aromatic carbocycles. The highest BCUT2D eigenvalue weighted by atomic mass is 79.9. The smallest absolute Gasteiger partial charge is 0.133 e. The van der Waals surface area contributed by atoms with Crippen molar-refractivity contribution in [2.75, 3.05) is 0 Å². The molecule has 0 amide bonds. The van der Waals surface area contributed by atoms with Gasteiger partial charge in [-0.3, -0.25) is 0 Å². The molecule has 0 saturated carbocycles. The monoisotopic (exact) mass is 298 g/mol. The van der Waals surface area contributed by atoms with Gasteiger partial charge in [0.15, 0.2) is 0 Å². The summed E-state index contributed by atoms with van der Waals surface area (Å²) in [5.74, 6) is -0.355. The van der Waals surface area contributed by atoms with Crippen LogP contribution >= 0.6 is 15.9 Å². The lowest BCUT2D eigenvalue weighted by Crippen LogP contribution is -1.99. The summed E-state index contributed by atoms with van der Waals surface area (Å²) >= 11 is 3.31. The van der Waals surface area contributed by atoms with Crippen LogP contribution in [0.25, 0.3) is 0 Å². The summed E-state index contributed by atoms with van der Waals surface area (Å²) < 4.78 is 32.4.